The number of esters is 1. The number of methoxy groups -OCH3 is 1. The predicted molar refractivity (Wildman–Crippen MR) is 59.9 cm³/mol. The Kier molecular flexibility index (Phi) is 3.71. The van der Waals surface area contributed by atoms with Crippen molar-refractivity contribution in [3.63, 3.8) is 0 Å². The number of rotatable bonds is 4. The molecule has 0 heterocycles. The van der Waals surface area contributed by atoms with Crippen molar-refractivity contribution in [2.24, 2.45) is 5.73 Å². The quantitative estimate of drug-likeness (QED) is 0.490. The molecular weight excluding hydrogens is 210 g/mol. The second-order valence-corrected chi connectivity index (χ2v) is 3.10. The fourth-order valence-corrected chi connectivity index (χ4v) is 1.10. The van der Waals surface area contributed by atoms with Crippen molar-refractivity contribution in [2.75, 3.05) is 24.7 Å². The Morgan fingerprint density at radius 2 is 2.12 bits per heavy atom. The molecular formula is C10H13N3O3. The molecule has 1 rings (SSSR count). The van der Waals surface area contributed by atoms with Gasteiger partial charge in [-0.05, 0) is 18.2 Å². The van der Waals surface area contributed by atoms with E-state index in [1.54, 1.807) is 6.07 Å². The molecule has 0 unspecified atom stereocenters. The van der Waals surface area contributed by atoms with Crippen LogP contribution in [-0.2, 0) is 9.53 Å². The van der Waals surface area contributed by atoms with Gasteiger partial charge in [0.05, 0.1) is 18.5 Å². The molecule has 0 fully saturated rings. The summed E-state index contributed by atoms with van der Waals surface area (Å²) in [5.74, 6) is -0.981. The molecule has 1 amide bonds. The fraction of sp³-hybridized carbons (Fsp3) is 0.200. The lowest BCUT2D eigenvalue weighted by Gasteiger charge is -2.09. The van der Waals surface area contributed by atoms with Crippen LogP contribution in [0.4, 0.5) is 11.4 Å². The molecule has 0 aromatic heterocycles. The summed E-state index contributed by atoms with van der Waals surface area (Å²) in [6.45, 7) is -0.0249. The second-order valence-electron chi connectivity index (χ2n) is 3.10. The zero-order valence-corrected chi connectivity index (χ0v) is 8.82. The number of amides is 1. The van der Waals surface area contributed by atoms with E-state index in [9.17, 15) is 9.59 Å². The first kappa shape index (κ1) is 11.8. The van der Waals surface area contributed by atoms with Crippen LogP contribution in [0, 0.1) is 0 Å². The molecule has 0 bridgehead atoms. The fourth-order valence-electron chi connectivity index (χ4n) is 1.10. The summed E-state index contributed by atoms with van der Waals surface area (Å²) >= 11 is 0. The SMILES string of the molecule is COC(=O)CNc1cc(C(N)=O)ccc1N. The van der Waals surface area contributed by atoms with E-state index < -0.39 is 11.9 Å². The summed E-state index contributed by atoms with van der Waals surface area (Å²) < 4.78 is 4.46. The third-order valence-corrected chi connectivity index (χ3v) is 1.99. The van der Waals surface area contributed by atoms with Crippen LogP contribution < -0.4 is 16.8 Å². The predicted octanol–water partition coefficient (Wildman–Crippen LogP) is -0.0474. The molecule has 0 atom stereocenters. The number of ether oxygens (including phenoxy) is 1. The van der Waals surface area contributed by atoms with Gasteiger partial charge in [-0.15, -0.1) is 0 Å². The Balaban J connectivity index is 2.82. The Bertz CT molecular complexity index is 418. The zero-order chi connectivity index (χ0) is 12.1. The number of benzene rings is 1. The molecule has 0 spiro atoms. The van der Waals surface area contributed by atoms with Gasteiger partial charge >= 0.3 is 5.97 Å². The molecule has 5 N–H and O–H groups in total. The van der Waals surface area contributed by atoms with Crippen LogP contribution in [0.25, 0.3) is 0 Å². The van der Waals surface area contributed by atoms with Gasteiger partial charge in [-0.2, -0.15) is 0 Å². The number of anilines is 2. The molecule has 0 aliphatic carbocycles. The van der Waals surface area contributed by atoms with E-state index in [1.807, 2.05) is 0 Å². The van der Waals surface area contributed by atoms with E-state index in [2.05, 4.69) is 10.1 Å². The molecule has 1 aromatic carbocycles. The first-order valence-electron chi connectivity index (χ1n) is 4.54. The first-order valence-corrected chi connectivity index (χ1v) is 4.54. The minimum Gasteiger partial charge on any atom is -0.468 e. The van der Waals surface area contributed by atoms with Crippen LogP contribution in [0.1, 0.15) is 10.4 Å². The van der Waals surface area contributed by atoms with Gasteiger partial charge in [0.2, 0.25) is 5.91 Å². The van der Waals surface area contributed by atoms with Crippen molar-refractivity contribution in [3.8, 4) is 0 Å². The standard InChI is InChI=1S/C10H13N3O3/c1-16-9(14)5-13-8-4-6(10(12)15)2-3-7(8)11/h2-4,13H,5,11H2,1H3,(H2,12,15). The summed E-state index contributed by atoms with van der Waals surface area (Å²) in [5.41, 5.74) is 12.0. The maximum atomic E-state index is 10.9. The number of nitrogen functional groups attached to an aromatic ring is 1. The van der Waals surface area contributed by atoms with Crippen molar-refractivity contribution >= 4 is 23.3 Å². The second kappa shape index (κ2) is 5.01. The number of nitrogens with two attached hydrogens (primary N) is 2. The molecule has 0 aliphatic rings. The normalized spacial score (nSPS) is 9.56. The molecule has 0 aliphatic heterocycles. The highest BCUT2D eigenvalue weighted by Gasteiger charge is 2.06. The average molecular weight is 223 g/mol. The number of carbonyl (C=O) groups is 2. The highest BCUT2D eigenvalue weighted by molar-refractivity contribution is 5.95. The van der Waals surface area contributed by atoms with Gasteiger partial charge in [-0.3, -0.25) is 9.59 Å². The van der Waals surface area contributed by atoms with Gasteiger partial charge in [0.25, 0.3) is 0 Å². The maximum absolute atomic E-state index is 10.9. The van der Waals surface area contributed by atoms with Crippen LogP contribution >= 0.6 is 0 Å². The monoisotopic (exact) mass is 223 g/mol. The van der Waals surface area contributed by atoms with E-state index in [4.69, 9.17) is 11.5 Å². The maximum Gasteiger partial charge on any atom is 0.325 e. The van der Waals surface area contributed by atoms with Gasteiger partial charge < -0.3 is 21.5 Å². The highest BCUT2D eigenvalue weighted by Crippen LogP contribution is 2.19. The number of nitrogens with one attached hydrogen (secondary N) is 1. The van der Waals surface area contributed by atoms with Gasteiger partial charge in [0, 0.05) is 5.56 Å². The number of hydrogen-bond acceptors (Lipinski definition) is 5. The molecule has 0 saturated carbocycles. The molecule has 0 radical (unpaired) electrons. The largest absolute Gasteiger partial charge is 0.468 e. The summed E-state index contributed by atoms with van der Waals surface area (Å²) in [6.07, 6.45) is 0. The van der Waals surface area contributed by atoms with Crippen LogP contribution in [-0.4, -0.2) is 25.5 Å². The lowest BCUT2D eigenvalue weighted by atomic mass is 10.1. The molecule has 0 saturated heterocycles. The topological polar surface area (TPSA) is 107 Å². The Morgan fingerprint density at radius 1 is 1.44 bits per heavy atom. The average Bonchev–Trinajstić information content (AvgIpc) is 2.27. The Labute approximate surface area is 92.6 Å². The Morgan fingerprint density at radius 3 is 2.69 bits per heavy atom. The highest BCUT2D eigenvalue weighted by atomic mass is 16.5. The van der Waals surface area contributed by atoms with E-state index >= 15 is 0 Å². The summed E-state index contributed by atoms with van der Waals surface area (Å²) in [4.78, 5) is 21.8. The molecule has 6 nitrogen and oxygen atoms in total. The molecule has 86 valence electrons. The van der Waals surface area contributed by atoms with Crippen LogP contribution in [0.15, 0.2) is 18.2 Å². The lowest BCUT2D eigenvalue weighted by molar-refractivity contribution is -0.138. The summed E-state index contributed by atoms with van der Waals surface area (Å²) in [7, 11) is 1.28. The summed E-state index contributed by atoms with van der Waals surface area (Å²) in [6, 6.07) is 4.54. The van der Waals surface area contributed by atoms with Crippen LogP contribution in [0.3, 0.4) is 0 Å². The third kappa shape index (κ3) is 2.88. The van der Waals surface area contributed by atoms with Gasteiger partial charge in [-0.1, -0.05) is 0 Å². The minimum atomic E-state index is -0.555. The Hall–Kier alpha value is -2.24. The van der Waals surface area contributed by atoms with E-state index in [0.29, 0.717) is 16.9 Å². The van der Waals surface area contributed by atoms with Gasteiger partial charge in [-0.25, -0.2) is 0 Å². The molecule has 1 aromatic rings. The number of primary amides is 1. The van der Waals surface area contributed by atoms with Crippen molar-refractivity contribution in [3.05, 3.63) is 23.8 Å². The third-order valence-electron chi connectivity index (χ3n) is 1.99. The van der Waals surface area contributed by atoms with Crippen molar-refractivity contribution < 1.29 is 14.3 Å². The smallest absolute Gasteiger partial charge is 0.325 e. The molecule has 6 heteroatoms. The van der Waals surface area contributed by atoms with E-state index in [-0.39, 0.29) is 6.54 Å². The molecule has 16 heavy (non-hydrogen) atoms. The van der Waals surface area contributed by atoms with Gasteiger partial charge in [0.1, 0.15) is 6.54 Å². The first-order chi connectivity index (χ1) is 7.54. The summed E-state index contributed by atoms with van der Waals surface area (Å²) in [5, 5.41) is 2.75. The van der Waals surface area contributed by atoms with E-state index in [1.165, 1.54) is 19.2 Å². The van der Waals surface area contributed by atoms with Crippen molar-refractivity contribution in [1.29, 1.82) is 0 Å². The lowest BCUT2D eigenvalue weighted by Crippen LogP contribution is -2.17. The van der Waals surface area contributed by atoms with E-state index in [0.717, 1.165) is 0 Å². The number of hydrogen-bond donors (Lipinski definition) is 3. The van der Waals surface area contributed by atoms with Crippen LogP contribution in [0.2, 0.25) is 0 Å². The number of carbonyl (C=O) groups excluding carboxylic acids is 2. The minimum absolute atomic E-state index is 0.0249. The zero-order valence-electron chi connectivity index (χ0n) is 8.82. The van der Waals surface area contributed by atoms with Crippen LogP contribution in [0.5, 0.6) is 0 Å². The van der Waals surface area contributed by atoms with Crippen molar-refractivity contribution in [1.82, 2.24) is 0 Å². The van der Waals surface area contributed by atoms with Gasteiger partial charge in [0.15, 0.2) is 0 Å². The van der Waals surface area contributed by atoms with Crippen molar-refractivity contribution in [2.45, 2.75) is 0 Å².